The lowest BCUT2D eigenvalue weighted by atomic mass is 9.84. The number of benzene rings is 2. The van der Waals surface area contributed by atoms with Gasteiger partial charge in [-0.05, 0) is 48.2 Å². The molecule has 0 aliphatic carbocycles. The zero-order valence-corrected chi connectivity index (χ0v) is 18.8. The molecule has 0 aromatic heterocycles. The molecule has 32 heavy (non-hydrogen) atoms. The minimum Gasteiger partial charge on any atom is -0.493 e. The van der Waals surface area contributed by atoms with E-state index in [0.717, 1.165) is 12.0 Å². The van der Waals surface area contributed by atoms with E-state index in [1.54, 1.807) is 30.3 Å². The van der Waals surface area contributed by atoms with Crippen LogP contribution in [-0.4, -0.2) is 33.1 Å². The standard InChI is InChI=1S/C25H26O7/c1-13(2)8-15-12-21(26)31-17-7-6-16-23(27)18(32-24(16)22(15)17)9-14-10-19(28-3)25(30-5)20(11-14)29-4/h6-7,9-11,13,15H,8,12H2,1-5H3/b18-9-/t15-/m0/s1. The lowest BCUT2D eigenvalue weighted by molar-refractivity contribution is -0.136. The maximum absolute atomic E-state index is 13.1. The topological polar surface area (TPSA) is 80.3 Å². The smallest absolute Gasteiger partial charge is 0.311 e. The molecule has 0 amide bonds. The van der Waals surface area contributed by atoms with Crippen molar-refractivity contribution in [3.63, 3.8) is 0 Å². The molecule has 4 rings (SSSR count). The minimum absolute atomic E-state index is 0.0606. The quantitative estimate of drug-likeness (QED) is 0.365. The van der Waals surface area contributed by atoms with Crippen molar-refractivity contribution in [3.05, 3.63) is 46.7 Å². The fraction of sp³-hybridized carbons (Fsp3) is 0.360. The number of hydrogen-bond acceptors (Lipinski definition) is 7. The molecule has 0 radical (unpaired) electrons. The summed E-state index contributed by atoms with van der Waals surface area (Å²) in [6.45, 7) is 4.20. The Morgan fingerprint density at radius 1 is 1.03 bits per heavy atom. The van der Waals surface area contributed by atoms with Crippen LogP contribution in [-0.2, 0) is 4.79 Å². The van der Waals surface area contributed by atoms with Crippen LogP contribution in [0.25, 0.3) is 6.08 Å². The highest BCUT2D eigenvalue weighted by atomic mass is 16.5. The molecule has 0 saturated carbocycles. The molecule has 0 unspecified atom stereocenters. The number of allylic oxidation sites excluding steroid dienone is 1. The number of ketones is 1. The minimum atomic E-state index is -0.263. The van der Waals surface area contributed by atoms with E-state index in [-0.39, 0.29) is 29.9 Å². The Bertz CT molecular complexity index is 1090. The lowest BCUT2D eigenvalue weighted by Gasteiger charge is -2.27. The molecule has 168 valence electrons. The summed E-state index contributed by atoms with van der Waals surface area (Å²) in [5.41, 5.74) is 1.92. The van der Waals surface area contributed by atoms with Gasteiger partial charge in [0.05, 0.1) is 33.3 Å². The van der Waals surface area contributed by atoms with Crippen molar-refractivity contribution in [2.24, 2.45) is 5.92 Å². The normalized spacial score (nSPS) is 18.2. The average molecular weight is 438 g/mol. The van der Waals surface area contributed by atoms with Gasteiger partial charge in [-0.25, -0.2) is 0 Å². The molecule has 7 heteroatoms. The van der Waals surface area contributed by atoms with E-state index in [9.17, 15) is 9.59 Å². The van der Waals surface area contributed by atoms with Gasteiger partial charge in [-0.3, -0.25) is 9.59 Å². The first-order valence-corrected chi connectivity index (χ1v) is 10.5. The van der Waals surface area contributed by atoms with Crippen LogP contribution in [0.15, 0.2) is 30.0 Å². The van der Waals surface area contributed by atoms with Crippen molar-refractivity contribution in [1.29, 1.82) is 0 Å². The number of hydrogen-bond donors (Lipinski definition) is 0. The summed E-state index contributed by atoms with van der Waals surface area (Å²) >= 11 is 0. The van der Waals surface area contributed by atoms with Crippen LogP contribution in [0.2, 0.25) is 0 Å². The van der Waals surface area contributed by atoms with Crippen LogP contribution in [0, 0.1) is 5.92 Å². The number of fused-ring (bicyclic) bond motifs is 3. The number of ether oxygens (including phenoxy) is 5. The second-order valence-corrected chi connectivity index (χ2v) is 8.26. The molecule has 2 aromatic rings. The molecule has 2 aromatic carbocycles. The van der Waals surface area contributed by atoms with Crippen LogP contribution >= 0.6 is 0 Å². The summed E-state index contributed by atoms with van der Waals surface area (Å²) in [4.78, 5) is 25.2. The molecule has 2 heterocycles. The van der Waals surface area contributed by atoms with E-state index in [1.807, 2.05) is 0 Å². The van der Waals surface area contributed by atoms with Crippen molar-refractivity contribution < 1.29 is 33.3 Å². The highest BCUT2D eigenvalue weighted by molar-refractivity contribution is 6.15. The number of esters is 1. The van der Waals surface area contributed by atoms with Gasteiger partial charge in [0.15, 0.2) is 17.3 Å². The monoisotopic (exact) mass is 438 g/mol. The Balaban J connectivity index is 1.76. The molecule has 0 fully saturated rings. The number of carbonyl (C=O) groups excluding carboxylic acids is 2. The summed E-state index contributed by atoms with van der Waals surface area (Å²) in [6.07, 6.45) is 2.71. The van der Waals surface area contributed by atoms with Crippen molar-refractivity contribution in [2.75, 3.05) is 21.3 Å². The third-order valence-corrected chi connectivity index (χ3v) is 5.62. The third-order valence-electron chi connectivity index (χ3n) is 5.62. The molecular weight excluding hydrogens is 412 g/mol. The van der Waals surface area contributed by atoms with Gasteiger partial charge in [-0.1, -0.05) is 13.8 Å². The predicted octanol–water partition coefficient (Wildman–Crippen LogP) is 4.77. The van der Waals surface area contributed by atoms with Gasteiger partial charge in [0.1, 0.15) is 11.5 Å². The van der Waals surface area contributed by atoms with Crippen molar-refractivity contribution >= 4 is 17.8 Å². The summed E-state index contributed by atoms with van der Waals surface area (Å²) in [5.74, 6) is 2.37. The third kappa shape index (κ3) is 3.79. The van der Waals surface area contributed by atoms with E-state index in [2.05, 4.69) is 13.8 Å². The molecule has 1 atom stereocenters. The number of Topliss-reactive ketones (excluding diaryl/α,β-unsaturated/α-hetero) is 1. The van der Waals surface area contributed by atoms with Gasteiger partial charge in [-0.15, -0.1) is 0 Å². The van der Waals surface area contributed by atoms with Crippen molar-refractivity contribution in [2.45, 2.75) is 32.6 Å². The molecule has 2 aliphatic rings. The van der Waals surface area contributed by atoms with Gasteiger partial charge in [0, 0.05) is 11.5 Å². The number of methoxy groups -OCH3 is 3. The van der Waals surface area contributed by atoms with E-state index in [4.69, 9.17) is 23.7 Å². The zero-order chi connectivity index (χ0) is 23.0. The maximum Gasteiger partial charge on any atom is 0.311 e. The van der Waals surface area contributed by atoms with Gasteiger partial charge in [0.25, 0.3) is 0 Å². The second kappa shape index (κ2) is 8.57. The Hall–Kier alpha value is -3.48. The molecule has 0 N–H and O–H groups in total. The largest absolute Gasteiger partial charge is 0.493 e. The highest BCUT2D eigenvalue weighted by Crippen LogP contribution is 2.49. The Morgan fingerprint density at radius 3 is 2.31 bits per heavy atom. The van der Waals surface area contributed by atoms with Gasteiger partial charge < -0.3 is 23.7 Å². The number of rotatable bonds is 6. The van der Waals surface area contributed by atoms with E-state index < -0.39 is 0 Å². The first-order chi connectivity index (χ1) is 15.4. The summed E-state index contributed by atoms with van der Waals surface area (Å²) in [6, 6.07) is 6.82. The van der Waals surface area contributed by atoms with Crippen LogP contribution in [0.4, 0.5) is 0 Å². The fourth-order valence-electron chi connectivity index (χ4n) is 4.30. The molecule has 0 bridgehead atoms. The van der Waals surface area contributed by atoms with Crippen LogP contribution in [0.1, 0.15) is 54.1 Å². The molecular formula is C25H26O7. The Kier molecular flexibility index (Phi) is 5.82. The number of carbonyl (C=O) groups is 2. The van der Waals surface area contributed by atoms with Gasteiger partial charge in [0.2, 0.25) is 11.5 Å². The van der Waals surface area contributed by atoms with Gasteiger partial charge >= 0.3 is 5.97 Å². The average Bonchev–Trinajstić information content (AvgIpc) is 3.07. The van der Waals surface area contributed by atoms with E-state index in [1.165, 1.54) is 21.3 Å². The Morgan fingerprint density at radius 2 is 1.72 bits per heavy atom. The van der Waals surface area contributed by atoms with E-state index in [0.29, 0.717) is 45.8 Å². The highest BCUT2D eigenvalue weighted by Gasteiger charge is 2.38. The van der Waals surface area contributed by atoms with Crippen molar-refractivity contribution in [1.82, 2.24) is 0 Å². The zero-order valence-electron chi connectivity index (χ0n) is 18.8. The predicted molar refractivity (Wildman–Crippen MR) is 118 cm³/mol. The Labute approximate surface area is 186 Å². The molecule has 2 aliphatic heterocycles. The first kappa shape index (κ1) is 21.7. The second-order valence-electron chi connectivity index (χ2n) is 8.26. The summed E-state index contributed by atoms with van der Waals surface area (Å²) in [5, 5.41) is 0. The van der Waals surface area contributed by atoms with Crippen molar-refractivity contribution in [3.8, 4) is 28.7 Å². The fourth-order valence-corrected chi connectivity index (χ4v) is 4.30. The lowest BCUT2D eigenvalue weighted by Crippen LogP contribution is -2.21. The SMILES string of the molecule is COc1cc(/C=C2\Oc3c(ccc4c3[C@@H](CC(C)C)CC(=O)O4)C2=O)cc(OC)c1OC. The first-order valence-electron chi connectivity index (χ1n) is 10.5. The van der Waals surface area contributed by atoms with Crippen LogP contribution < -0.4 is 23.7 Å². The molecule has 7 nitrogen and oxygen atoms in total. The maximum atomic E-state index is 13.1. The molecule has 0 spiro atoms. The molecule has 0 saturated heterocycles. The van der Waals surface area contributed by atoms with E-state index >= 15 is 0 Å². The summed E-state index contributed by atoms with van der Waals surface area (Å²) < 4.78 is 27.7. The van der Waals surface area contributed by atoms with Gasteiger partial charge in [-0.2, -0.15) is 0 Å². The van der Waals surface area contributed by atoms with Crippen LogP contribution in [0.5, 0.6) is 28.7 Å². The van der Waals surface area contributed by atoms with Crippen LogP contribution in [0.3, 0.4) is 0 Å². The summed E-state index contributed by atoms with van der Waals surface area (Å²) in [7, 11) is 4.59.